The molecular weight excluding hydrogens is 204 g/mol. The molecule has 0 saturated heterocycles. The van der Waals surface area contributed by atoms with E-state index in [0.29, 0.717) is 18.9 Å². The fraction of sp³-hybridized carbons (Fsp3) is 0.500. The van der Waals surface area contributed by atoms with Gasteiger partial charge in [-0.3, -0.25) is 0 Å². The molecule has 0 spiro atoms. The molecular formula is C12H20N2O2. The lowest BCUT2D eigenvalue weighted by Crippen LogP contribution is -2.12. The Balaban J connectivity index is 2.76. The molecule has 16 heavy (non-hydrogen) atoms. The van der Waals surface area contributed by atoms with Crippen LogP contribution in [0.15, 0.2) is 18.2 Å². The fourth-order valence-corrected chi connectivity index (χ4v) is 1.54. The van der Waals surface area contributed by atoms with Crippen LogP contribution in [0.5, 0.6) is 11.5 Å². The molecule has 4 nitrogen and oxygen atoms in total. The van der Waals surface area contributed by atoms with Gasteiger partial charge in [0.25, 0.3) is 0 Å². The molecule has 0 unspecified atom stereocenters. The lowest BCUT2D eigenvalue weighted by Gasteiger charge is -2.13. The Bertz CT molecular complexity index is 329. The van der Waals surface area contributed by atoms with Crippen molar-refractivity contribution in [2.45, 2.75) is 25.8 Å². The topological polar surface area (TPSA) is 81.5 Å². The van der Waals surface area contributed by atoms with Crippen LogP contribution in [-0.2, 0) is 0 Å². The molecule has 0 saturated carbocycles. The number of rotatable bonds is 6. The summed E-state index contributed by atoms with van der Waals surface area (Å²) in [7, 11) is 0. The number of hydrogen-bond acceptors (Lipinski definition) is 4. The van der Waals surface area contributed by atoms with E-state index in [1.165, 1.54) is 0 Å². The number of phenols is 1. The summed E-state index contributed by atoms with van der Waals surface area (Å²) in [6.07, 6.45) is 1.73. The van der Waals surface area contributed by atoms with Crippen LogP contribution >= 0.6 is 0 Å². The molecule has 0 radical (unpaired) electrons. The SMILES string of the molecule is CCOc1cc([C@H](N)CCCN)ccc1O. The van der Waals surface area contributed by atoms with Gasteiger partial charge in [0, 0.05) is 6.04 Å². The van der Waals surface area contributed by atoms with E-state index in [2.05, 4.69) is 0 Å². The standard InChI is InChI=1S/C12H20N2O2/c1-2-16-12-8-9(5-6-11(12)15)10(14)4-3-7-13/h5-6,8,10,15H,2-4,7,13-14H2,1H3/t10-/m1/s1. The van der Waals surface area contributed by atoms with Crippen molar-refractivity contribution < 1.29 is 9.84 Å². The first-order valence-corrected chi connectivity index (χ1v) is 5.60. The Kier molecular flexibility index (Phi) is 5.08. The van der Waals surface area contributed by atoms with Crippen LogP contribution in [0.4, 0.5) is 0 Å². The Morgan fingerprint density at radius 1 is 1.44 bits per heavy atom. The van der Waals surface area contributed by atoms with Gasteiger partial charge in [0.05, 0.1) is 6.61 Å². The third-order valence-electron chi connectivity index (χ3n) is 2.43. The summed E-state index contributed by atoms with van der Waals surface area (Å²) in [6.45, 7) is 3.04. The van der Waals surface area contributed by atoms with Crippen molar-refractivity contribution in [2.24, 2.45) is 11.5 Å². The quantitative estimate of drug-likeness (QED) is 0.684. The van der Waals surface area contributed by atoms with E-state index in [-0.39, 0.29) is 11.8 Å². The molecule has 1 aromatic rings. The second-order valence-corrected chi connectivity index (χ2v) is 3.70. The largest absolute Gasteiger partial charge is 0.504 e. The third kappa shape index (κ3) is 3.40. The molecule has 0 aromatic heterocycles. The molecule has 1 atom stereocenters. The second kappa shape index (κ2) is 6.35. The minimum absolute atomic E-state index is 0.0524. The number of hydrogen-bond donors (Lipinski definition) is 3. The molecule has 1 aromatic carbocycles. The molecule has 0 aliphatic rings. The molecule has 5 N–H and O–H groups in total. The van der Waals surface area contributed by atoms with Crippen LogP contribution in [-0.4, -0.2) is 18.3 Å². The fourth-order valence-electron chi connectivity index (χ4n) is 1.54. The average molecular weight is 224 g/mol. The van der Waals surface area contributed by atoms with E-state index in [1.54, 1.807) is 12.1 Å². The smallest absolute Gasteiger partial charge is 0.161 e. The van der Waals surface area contributed by atoms with Gasteiger partial charge in [0.15, 0.2) is 11.5 Å². The second-order valence-electron chi connectivity index (χ2n) is 3.70. The van der Waals surface area contributed by atoms with Gasteiger partial charge < -0.3 is 21.3 Å². The maximum Gasteiger partial charge on any atom is 0.161 e. The van der Waals surface area contributed by atoms with Gasteiger partial charge in [-0.05, 0) is 44.0 Å². The van der Waals surface area contributed by atoms with Crippen molar-refractivity contribution in [2.75, 3.05) is 13.2 Å². The predicted octanol–water partition coefficient (Wildman–Crippen LogP) is 1.53. The normalized spacial score (nSPS) is 12.4. The van der Waals surface area contributed by atoms with Crippen LogP contribution in [0.3, 0.4) is 0 Å². The zero-order chi connectivity index (χ0) is 12.0. The molecule has 90 valence electrons. The maximum absolute atomic E-state index is 9.54. The van der Waals surface area contributed by atoms with Gasteiger partial charge in [-0.1, -0.05) is 6.07 Å². The summed E-state index contributed by atoms with van der Waals surface area (Å²) in [4.78, 5) is 0. The molecule has 0 aliphatic heterocycles. The minimum Gasteiger partial charge on any atom is -0.504 e. The predicted molar refractivity (Wildman–Crippen MR) is 64.5 cm³/mol. The highest BCUT2D eigenvalue weighted by atomic mass is 16.5. The zero-order valence-corrected chi connectivity index (χ0v) is 9.65. The Morgan fingerprint density at radius 2 is 2.19 bits per heavy atom. The van der Waals surface area contributed by atoms with Crippen LogP contribution in [0, 0.1) is 0 Å². The average Bonchev–Trinajstić information content (AvgIpc) is 2.29. The molecule has 0 amide bonds. The summed E-state index contributed by atoms with van der Waals surface area (Å²) < 4.78 is 5.30. The van der Waals surface area contributed by atoms with Crippen molar-refractivity contribution in [1.29, 1.82) is 0 Å². The Morgan fingerprint density at radius 3 is 2.81 bits per heavy atom. The van der Waals surface area contributed by atoms with Crippen LogP contribution < -0.4 is 16.2 Å². The molecule has 4 heteroatoms. The monoisotopic (exact) mass is 224 g/mol. The van der Waals surface area contributed by atoms with Crippen molar-refractivity contribution in [3.63, 3.8) is 0 Å². The number of phenolic OH excluding ortho intramolecular Hbond substituents is 1. The minimum atomic E-state index is -0.0524. The zero-order valence-electron chi connectivity index (χ0n) is 9.65. The highest BCUT2D eigenvalue weighted by molar-refractivity contribution is 5.42. The van der Waals surface area contributed by atoms with E-state index in [9.17, 15) is 5.11 Å². The lowest BCUT2D eigenvalue weighted by molar-refractivity contribution is 0.317. The van der Waals surface area contributed by atoms with Crippen LogP contribution in [0.25, 0.3) is 0 Å². The van der Waals surface area contributed by atoms with E-state index >= 15 is 0 Å². The first kappa shape index (κ1) is 12.8. The van der Waals surface area contributed by atoms with Crippen LogP contribution in [0.1, 0.15) is 31.4 Å². The Labute approximate surface area is 96.2 Å². The summed E-state index contributed by atoms with van der Waals surface area (Å²) in [5, 5.41) is 9.54. The number of aromatic hydroxyl groups is 1. The third-order valence-corrected chi connectivity index (χ3v) is 2.43. The van der Waals surface area contributed by atoms with Crippen molar-refractivity contribution in [1.82, 2.24) is 0 Å². The van der Waals surface area contributed by atoms with Gasteiger partial charge >= 0.3 is 0 Å². The summed E-state index contributed by atoms with van der Waals surface area (Å²) >= 11 is 0. The number of ether oxygens (including phenoxy) is 1. The Hall–Kier alpha value is -1.26. The first-order chi connectivity index (χ1) is 7.69. The molecule has 0 fully saturated rings. The molecule has 0 heterocycles. The highest BCUT2D eigenvalue weighted by Crippen LogP contribution is 2.29. The maximum atomic E-state index is 9.54. The van der Waals surface area contributed by atoms with E-state index in [4.69, 9.17) is 16.2 Å². The number of nitrogens with two attached hydrogens (primary N) is 2. The van der Waals surface area contributed by atoms with Crippen LogP contribution in [0.2, 0.25) is 0 Å². The molecule has 0 aliphatic carbocycles. The molecule has 0 bridgehead atoms. The summed E-state index contributed by atoms with van der Waals surface area (Å²) in [5.74, 6) is 0.639. The van der Waals surface area contributed by atoms with Crippen molar-refractivity contribution >= 4 is 0 Å². The summed E-state index contributed by atoms with van der Waals surface area (Å²) in [6, 6.07) is 5.17. The van der Waals surface area contributed by atoms with Gasteiger partial charge in [-0.25, -0.2) is 0 Å². The first-order valence-electron chi connectivity index (χ1n) is 5.60. The van der Waals surface area contributed by atoms with E-state index < -0.39 is 0 Å². The van der Waals surface area contributed by atoms with Gasteiger partial charge in [0.1, 0.15) is 0 Å². The number of benzene rings is 1. The van der Waals surface area contributed by atoms with Gasteiger partial charge in [-0.2, -0.15) is 0 Å². The molecule has 1 rings (SSSR count). The van der Waals surface area contributed by atoms with Gasteiger partial charge in [0.2, 0.25) is 0 Å². The van der Waals surface area contributed by atoms with E-state index in [0.717, 1.165) is 18.4 Å². The van der Waals surface area contributed by atoms with E-state index in [1.807, 2.05) is 13.0 Å². The lowest BCUT2D eigenvalue weighted by atomic mass is 10.0. The van der Waals surface area contributed by atoms with Crippen molar-refractivity contribution in [3.05, 3.63) is 23.8 Å². The highest BCUT2D eigenvalue weighted by Gasteiger charge is 2.09. The van der Waals surface area contributed by atoms with Crippen molar-refractivity contribution in [3.8, 4) is 11.5 Å². The van der Waals surface area contributed by atoms with Gasteiger partial charge in [-0.15, -0.1) is 0 Å². The summed E-state index contributed by atoms with van der Waals surface area (Å²) in [5.41, 5.74) is 12.4.